The minimum Gasteiger partial charge on any atom is -0.357 e. The Labute approximate surface area is 227 Å². The molecule has 2 amide bonds. The van der Waals surface area contributed by atoms with Gasteiger partial charge < -0.3 is 10.2 Å². The van der Waals surface area contributed by atoms with Crippen molar-refractivity contribution in [2.24, 2.45) is 0 Å². The number of benzene rings is 3. The Morgan fingerprint density at radius 2 is 1.65 bits per heavy atom. The van der Waals surface area contributed by atoms with Crippen LogP contribution in [0.2, 0.25) is 0 Å². The highest BCUT2D eigenvalue weighted by atomic mass is 79.9. The number of hydrogen-bond acceptors (Lipinski definition) is 4. The minimum atomic E-state index is -4.08. The van der Waals surface area contributed by atoms with Gasteiger partial charge in [-0.3, -0.25) is 13.9 Å². The molecule has 1 N–H and O–H groups in total. The smallest absolute Gasteiger partial charge is 0.264 e. The summed E-state index contributed by atoms with van der Waals surface area (Å²) in [5.74, 6) is -0.749. The molecule has 0 radical (unpaired) electrons. The van der Waals surface area contributed by atoms with Gasteiger partial charge in [-0.25, -0.2) is 8.42 Å². The van der Waals surface area contributed by atoms with Crippen molar-refractivity contribution in [1.29, 1.82) is 0 Å². The van der Waals surface area contributed by atoms with Gasteiger partial charge in [0.2, 0.25) is 11.8 Å². The van der Waals surface area contributed by atoms with Gasteiger partial charge in [0, 0.05) is 18.1 Å². The zero-order valence-electron chi connectivity index (χ0n) is 21.2. The van der Waals surface area contributed by atoms with E-state index in [0.29, 0.717) is 23.0 Å². The number of rotatable bonds is 11. The zero-order chi connectivity index (χ0) is 27.0. The summed E-state index contributed by atoms with van der Waals surface area (Å²) in [6.45, 7) is 3.53. The summed E-state index contributed by atoms with van der Waals surface area (Å²) < 4.78 is 29.4. The quantitative estimate of drug-likeness (QED) is 0.357. The van der Waals surface area contributed by atoms with Gasteiger partial charge in [0.05, 0.1) is 10.6 Å². The van der Waals surface area contributed by atoms with E-state index in [-0.39, 0.29) is 17.3 Å². The summed E-state index contributed by atoms with van der Waals surface area (Å²) in [6.07, 6.45) is 0.920. The largest absolute Gasteiger partial charge is 0.357 e. The first-order valence-corrected chi connectivity index (χ1v) is 14.3. The van der Waals surface area contributed by atoms with E-state index in [1.165, 1.54) is 24.1 Å². The number of anilines is 1. The van der Waals surface area contributed by atoms with Gasteiger partial charge in [0.25, 0.3) is 10.0 Å². The van der Waals surface area contributed by atoms with Gasteiger partial charge in [-0.05, 0) is 55.7 Å². The highest BCUT2D eigenvalue weighted by Gasteiger charge is 2.33. The van der Waals surface area contributed by atoms with Gasteiger partial charge in [0.1, 0.15) is 12.6 Å². The van der Waals surface area contributed by atoms with Crippen molar-refractivity contribution in [3.63, 3.8) is 0 Å². The average molecular weight is 587 g/mol. The number of halogens is 1. The van der Waals surface area contributed by atoms with Crippen LogP contribution in [0.4, 0.5) is 5.69 Å². The molecule has 196 valence electrons. The van der Waals surface area contributed by atoms with Crippen LogP contribution >= 0.6 is 15.9 Å². The number of nitrogens with zero attached hydrogens (tertiary/aromatic N) is 2. The molecule has 0 aliphatic rings. The van der Waals surface area contributed by atoms with Crippen LogP contribution in [-0.2, 0) is 26.0 Å². The summed E-state index contributed by atoms with van der Waals surface area (Å²) in [4.78, 5) is 28.1. The molecule has 1 atom stereocenters. The molecule has 0 aromatic heterocycles. The van der Waals surface area contributed by atoms with Crippen LogP contribution in [-0.4, -0.2) is 51.3 Å². The molecule has 0 saturated heterocycles. The fourth-order valence-corrected chi connectivity index (χ4v) is 5.85. The van der Waals surface area contributed by atoms with Crippen LogP contribution in [0.25, 0.3) is 0 Å². The lowest BCUT2D eigenvalue weighted by Gasteiger charge is -2.33. The van der Waals surface area contributed by atoms with E-state index in [1.54, 1.807) is 36.4 Å². The zero-order valence-corrected chi connectivity index (χ0v) is 23.6. The van der Waals surface area contributed by atoms with Crippen LogP contribution in [0.1, 0.15) is 24.5 Å². The van der Waals surface area contributed by atoms with E-state index in [9.17, 15) is 18.0 Å². The number of carbonyl (C=O) groups is 2. The van der Waals surface area contributed by atoms with Crippen LogP contribution in [0.15, 0.2) is 88.2 Å². The number of amides is 2. The molecule has 0 fully saturated rings. The van der Waals surface area contributed by atoms with Crippen molar-refractivity contribution in [3.8, 4) is 0 Å². The summed E-state index contributed by atoms with van der Waals surface area (Å²) in [6, 6.07) is 22.2. The molecular weight excluding hydrogens is 554 g/mol. The normalized spacial score (nSPS) is 12.0. The molecule has 3 aromatic carbocycles. The van der Waals surface area contributed by atoms with E-state index < -0.39 is 28.5 Å². The molecule has 0 spiro atoms. The van der Waals surface area contributed by atoms with Crippen molar-refractivity contribution in [3.05, 3.63) is 94.5 Å². The fourth-order valence-electron chi connectivity index (χ4n) is 4.06. The molecular formula is C28H32BrN3O4S. The summed E-state index contributed by atoms with van der Waals surface area (Å²) in [5, 5.41) is 2.63. The number of likely N-dealkylation sites (N-methyl/N-ethyl adjacent to an activating group) is 1. The maximum atomic E-state index is 13.8. The number of hydrogen-bond donors (Lipinski definition) is 1. The van der Waals surface area contributed by atoms with Crippen molar-refractivity contribution in [2.75, 3.05) is 24.4 Å². The topological polar surface area (TPSA) is 86.8 Å². The molecule has 3 rings (SSSR count). The maximum absolute atomic E-state index is 13.8. The standard InChI is InChI=1S/C28H32BrN3O4S/c1-4-26(28(34)30-3)31(18-17-22-9-6-5-7-10-22)27(33)20-32(24-12-8-11-23(29)19-24)37(35,36)25-15-13-21(2)14-16-25/h5-16,19,26H,4,17-18,20H2,1-3H3,(H,30,34)/t26-/m0/s1. The molecule has 37 heavy (non-hydrogen) atoms. The molecule has 0 saturated carbocycles. The Morgan fingerprint density at radius 1 is 0.973 bits per heavy atom. The Hall–Kier alpha value is -3.17. The minimum absolute atomic E-state index is 0.0834. The van der Waals surface area contributed by atoms with Crippen LogP contribution in [0, 0.1) is 6.92 Å². The van der Waals surface area contributed by atoms with E-state index in [0.717, 1.165) is 15.4 Å². The van der Waals surface area contributed by atoms with Gasteiger partial charge >= 0.3 is 0 Å². The van der Waals surface area contributed by atoms with Crippen molar-refractivity contribution >= 4 is 43.5 Å². The molecule has 7 nitrogen and oxygen atoms in total. The summed E-state index contributed by atoms with van der Waals surface area (Å²) >= 11 is 3.40. The van der Waals surface area contributed by atoms with Crippen molar-refractivity contribution in [1.82, 2.24) is 10.2 Å². The molecule has 0 heterocycles. The number of carbonyl (C=O) groups excluding carboxylic acids is 2. The van der Waals surface area contributed by atoms with E-state index in [2.05, 4.69) is 21.2 Å². The second kappa shape index (κ2) is 12.9. The van der Waals surface area contributed by atoms with Crippen LogP contribution in [0.5, 0.6) is 0 Å². The number of aryl methyl sites for hydroxylation is 1. The van der Waals surface area contributed by atoms with E-state index in [4.69, 9.17) is 0 Å². The van der Waals surface area contributed by atoms with Gasteiger partial charge in [0.15, 0.2) is 0 Å². The molecule has 9 heteroatoms. The van der Waals surface area contributed by atoms with Gasteiger partial charge in [-0.1, -0.05) is 76.9 Å². The summed E-state index contributed by atoms with van der Waals surface area (Å²) in [7, 11) is -2.55. The van der Waals surface area contributed by atoms with E-state index in [1.807, 2.05) is 44.2 Å². The summed E-state index contributed by atoms with van der Waals surface area (Å²) in [5.41, 5.74) is 2.29. The SMILES string of the molecule is CC[C@@H](C(=O)NC)N(CCc1ccccc1)C(=O)CN(c1cccc(Br)c1)S(=O)(=O)c1ccc(C)cc1. The first-order valence-electron chi connectivity index (χ1n) is 12.1. The third-order valence-corrected chi connectivity index (χ3v) is 8.38. The Kier molecular flexibility index (Phi) is 9.88. The van der Waals surface area contributed by atoms with Crippen molar-refractivity contribution in [2.45, 2.75) is 37.6 Å². The Balaban J connectivity index is 2.00. The number of sulfonamides is 1. The molecule has 0 aliphatic heterocycles. The van der Waals surface area contributed by atoms with Crippen LogP contribution < -0.4 is 9.62 Å². The van der Waals surface area contributed by atoms with Crippen molar-refractivity contribution < 1.29 is 18.0 Å². The predicted molar refractivity (Wildman–Crippen MR) is 150 cm³/mol. The van der Waals surface area contributed by atoms with Crippen LogP contribution in [0.3, 0.4) is 0 Å². The molecule has 0 unspecified atom stereocenters. The van der Waals surface area contributed by atoms with Gasteiger partial charge in [-0.15, -0.1) is 0 Å². The predicted octanol–water partition coefficient (Wildman–Crippen LogP) is 4.55. The lowest BCUT2D eigenvalue weighted by atomic mass is 10.1. The second-order valence-corrected chi connectivity index (χ2v) is 11.4. The number of nitrogens with one attached hydrogen (secondary N) is 1. The van der Waals surface area contributed by atoms with Gasteiger partial charge in [-0.2, -0.15) is 0 Å². The fraction of sp³-hybridized carbons (Fsp3) is 0.286. The first-order chi connectivity index (χ1) is 17.7. The highest BCUT2D eigenvalue weighted by Crippen LogP contribution is 2.27. The molecule has 0 bridgehead atoms. The third kappa shape index (κ3) is 7.20. The highest BCUT2D eigenvalue weighted by molar-refractivity contribution is 9.10. The molecule has 0 aliphatic carbocycles. The monoisotopic (exact) mass is 585 g/mol. The first kappa shape index (κ1) is 28.4. The average Bonchev–Trinajstić information content (AvgIpc) is 2.89. The lowest BCUT2D eigenvalue weighted by molar-refractivity contribution is -0.139. The Morgan fingerprint density at radius 3 is 2.24 bits per heavy atom. The Bertz CT molecular complexity index is 1310. The maximum Gasteiger partial charge on any atom is 0.264 e. The lowest BCUT2D eigenvalue weighted by Crippen LogP contribution is -2.52. The third-order valence-electron chi connectivity index (χ3n) is 6.10. The second-order valence-electron chi connectivity index (χ2n) is 8.67. The van der Waals surface area contributed by atoms with E-state index >= 15 is 0 Å². The molecule has 3 aromatic rings.